The average Bonchev–Trinajstić information content (AvgIpc) is 2.88. The van der Waals surface area contributed by atoms with Gasteiger partial charge in [-0.2, -0.15) is 0 Å². The van der Waals surface area contributed by atoms with E-state index in [0.717, 1.165) is 22.5 Å². The molecule has 0 aliphatic heterocycles. The summed E-state index contributed by atoms with van der Waals surface area (Å²) in [6.07, 6.45) is 0. The summed E-state index contributed by atoms with van der Waals surface area (Å²) in [5, 5.41) is 2.90. The van der Waals surface area contributed by atoms with Gasteiger partial charge in [0.25, 0.3) is 5.91 Å². The zero-order valence-electron chi connectivity index (χ0n) is 19.0. The lowest BCUT2D eigenvalue weighted by Gasteiger charge is -2.14. The second-order valence-electron chi connectivity index (χ2n) is 7.36. The van der Waals surface area contributed by atoms with Gasteiger partial charge in [-0.1, -0.05) is 18.2 Å². The van der Waals surface area contributed by atoms with E-state index in [1.165, 1.54) is 33.5 Å². The van der Waals surface area contributed by atoms with Crippen LogP contribution in [0.15, 0.2) is 78.9 Å². The van der Waals surface area contributed by atoms with Gasteiger partial charge in [0.05, 0.1) is 32.7 Å². The lowest BCUT2D eigenvalue weighted by atomic mass is 10.1. The number of benzene rings is 3. The van der Waals surface area contributed by atoms with Crippen LogP contribution in [0.2, 0.25) is 0 Å². The van der Waals surface area contributed by atoms with Crippen molar-refractivity contribution in [3.05, 3.63) is 90.2 Å². The number of halogens is 1. The van der Waals surface area contributed by atoms with Crippen molar-refractivity contribution in [3.8, 4) is 39.8 Å². The molecule has 1 heterocycles. The van der Waals surface area contributed by atoms with E-state index < -0.39 is 0 Å². The van der Waals surface area contributed by atoms with Crippen LogP contribution >= 0.6 is 0 Å². The number of nitrogens with one attached hydrogen (secondary N) is 1. The first-order chi connectivity index (χ1) is 16.5. The van der Waals surface area contributed by atoms with Crippen LogP contribution in [0.25, 0.3) is 22.5 Å². The number of rotatable bonds is 7. The van der Waals surface area contributed by atoms with Gasteiger partial charge in [-0.3, -0.25) is 4.79 Å². The van der Waals surface area contributed by atoms with Crippen molar-refractivity contribution in [2.75, 3.05) is 26.6 Å². The molecule has 4 rings (SSSR count). The van der Waals surface area contributed by atoms with Gasteiger partial charge in [0.15, 0.2) is 11.5 Å². The molecule has 1 aromatic heterocycles. The van der Waals surface area contributed by atoms with Crippen LogP contribution in [0.3, 0.4) is 0 Å². The molecule has 3 aromatic carbocycles. The molecule has 6 nitrogen and oxygen atoms in total. The van der Waals surface area contributed by atoms with Crippen LogP contribution in [-0.4, -0.2) is 32.2 Å². The standard InChI is InChI=1S/C27H23FN2O4/c1-32-24-15-19(16-25(33-2)26(24)34-3)27(31)29-21-7-4-6-18(14-21)23-9-5-8-22(30-23)17-10-12-20(28)13-11-17/h4-16H,1-3H3,(H,29,31). The molecule has 0 aliphatic rings. The van der Waals surface area contributed by atoms with Crippen LogP contribution in [-0.2, 0) is 0 Å². The third kappa shape index (κ3) is 4.83. The fraction of sp³-hybridized carbons (Fsp3) is 0.111. The lowest BCUT2D eigenvalue weighted by Crippen LogP contribution is -2.12. The molecule has 0 aliphatic carbocycles. The highest BCUT2D eigenvalue weighted by molar-refractivity contribution is 6.05. The van der Waals surface area contributed by atoms with Crippen molar-refractivity contribution >= 4 is 11.6 Å². The van der Waals surface area contributed by atoms with Gasteiger partial charge in [-0.25, -0.2) is 9.37 Å². The lowest BCUT2D eigenvalue weighted by molar-refractivity contribution is 0.102. The first-order valence-corrected chi connectivity index (χ1v) is 10.5. The Morgan fingerprint density at radius 1 is 0.765 bits per heavy atom. The monoisotopic (exact) mass is 458 g/mol. The van der Waals surface area contributed by atoms with Gasteiger partial charge in [-0.15, -0.1) is 0 Å². The Balaban J connectivity index is 1.60. The van der Waals surface area contributed by atoms with E-state index >= 15 is 0 Å². The molecule has 0 radical (unpaired) electrons. The number of carbonyl (C=O) groups is 1. The Morgan fingerprint density at radius 3 is 2.00 bits per heavy atom. The summed E-state index contributed by atoms with van der Waals surface area (Å²) in [6, 6.07) is 22.4. The second kappa shape index (κ2) is 10.0. The number of aromatic nitrogens is 1. The summed E-state index contributed by atoms with van der Waals surface area (Å²) in [5.41, 5.74) is 4.05. The minimum absolute atomic E-state index is 0.296. The molecular weight excluding hydrogens is 435 g/mol. The number of amides is 1. The average molecular weight is 458 g/mol. The summed E-state index contributed by atoms with van der Waals surface area (Å²) in [6.45, 7) is 0. The number of nitrogens with zero attached hydrogens (tertiary/aromatic N) is 1. The van der Waals surface area contributed by atoms with Gasteiger partial charge >= 0.3 is 0 Å². The normalized spacial score (nSPS) is 10.5. The Kier molecular flexibility index (Phi) is 6.73. The maximum absolute atomic E-state index is 13.3. The van der Waals surface area contributed by atoms with Gasteiger partial charge in [0, 0.05) is 22.4 Å². The molecular formula is C27H23FN2O4. The highest BCUT2D eigenvalue weighted by atomic mass is 19.1. The van der Waals surface area contributed by atoms with Crippen molar-refractivity contribution in [1.29, 1.82) is 0 Å². The first-order valence-electron chi connectivity index (χ1n) is 10.5. The summed E-state index contributed by atoms with van der Waals surface area (Å²) in [7, 11) is 4.50. The predicted octanol–water partition coefficient (Wildman–Crippen LogP) is 5.83. The van der Waals surface area contributed by atoms with Crippen LogP contribution in [0, 0.1) is 5.82 Å². The maximum Gasteiger partial charge on any atom is 0.255 e. The fourth-order valence-electron chi connectivity index (χ4n) is 3.55. The SMILES string of the molecule is COc1cc(C(=O)Nc2cccc(-c3cccc(-c4ccc(F)cc4)n3)c2)cc(OC)c1OC. The maximum atomic E-state index is 13.3. The summed E-state index contributed by atoms with van der Waals surface area (Å²) < 4.78 is 29.3. The Hall–Kier alpha value is -4.39. The van der Waals surface area contributed by atoms with Gasteiger partial charge in [0.1, 0.15) is 5.82 Å². The van der Waals surface area contributed by atoms with E-state index in [9.17, 15) is 9.18 Å². The fourth-order valence-corrected chi connectivity index (χ4v) is 3.55. The smallest absolute Gasteiger partial charge is 0.255 e. The molecule has 34 heavy (non-hydrogen) atoms. The number of hydrogen-bond donors (Lipinski definition) is 1. The van der Waals surface area contributed by atoms with E-state index in [1.54, 1.807) is 30.3 Å². The summed E-state index contributed by atoms with van der Waals surface area (Å²) in [5.74, 6) is 0.570. The molecule has 7 heteroatoms. The van der Waals surface area contributed by atoms with E-state index in [4.69, 9.17) is 19.2 Å². The minimum atomic E-state index is -0.329. The van der Waals surface area contributed by atoms with Crippen LogP contribution < -0.4 is 19.5 Å². The van der Waals surface area contributed by atoms with E-state index in [0.29, 0.717) is 28.5 Å². The second-order valence-corrected chi connectivity index (χ2v) is 7.36. The van der Waals surface area contributed by atoms with Crippen molar-refractivity contribution in [3.63, 3.8) is 0 Å². The van der Waals surface area contributed by atoms with E-state index in [1.807, 2.05) is 36.4 Å². The quantitative estimate of drug-likeness (QED) is 0.377. The third-order valence-corrected chi connectivity index (χ3v) is 5.23. The molecule has 172 valence electrons. The Bertz CT molecular complexity index is 1300. The van der Waals surface area contributed by atoms with Crippen molar-refractivity contribution < 1.29 is 23.4 Å². The van der Waals surface area contributed by atoms with Crippen molar-refractivity contribution in [2.24, 2.45) is 0 Å². The minimum Gasteiger partial charge on any atom is -0.493 e. The van der Waals surface area contributed by atoms with Gasteiger partial charge in [-0.05, 0) is 60.7 Å². The van der Waals surface area contributed by atoms with Crippen LogP contribution in [0.4, 0.5) is 10.1 Å². The molecule has 0 saturated heterocycles. The number of pyridine rings is 1. The molecule has 0 fully saturated rings. The van der Waals surface area contributed by atoms with Crippen LogP contribution in [0.5, 0.6) is 17.2 Å². The van der Waals surface area contributed by atoms with Gasteiger partial charge < -0.3 is 19.5 Å². The topological polar surface area (TPSA) is 69.7 Å². The highest BCUT2D eigenvalue weighted by Gasteiger charge is 2.17. The highest BCUT2D eigenvalue weighted by Crippen LogP contribution is 2.38. The molecule has 1 amide bonds. The summed E-state index contributed by atoms with van der Waals surface area (Å²) in [4.78, 5) is 17.7. The third-order valence-electron chi connectivity index (χ3n) is 5.23. The number of carbonyl (C=O) groups excluding carboxylic acids is 1. The summed E-state index contributed by atoms with van der Waals surface area (Å²) >= 11 is 0. The predicted molar refractivity (Wildman–Crippen MR) is 129 cm³/mol. The largest absolute Gasteiger partial charge is 0.493 e. The van der Waals surface area contributed by atoms with Gasteiger partial charge in [0.2, 0.25) is 5.75 Å². The zero-order chi connectivity index (χ0) is 24.1. The first kappa shape index (κ1) is 22.8. The molecule has 4 aromatic rings. The van der Waals surface area contributed by atoms with Crippen molar-refractivity contribution in [2.45, 2.75) is 0 Å². The number of ether oxygens (including phenoxy) is 3. The van der Waals surface area contributed by atoms with E-state index in [2.05, 4.69) is 5.32 Å². The molecule has 0 unspecified atom stereocenters. The molecule has 0 spiro atoms. The van der Waals surface area contributed by atoms with Crippen molar-refractivity contribution in [1.82, 2.24) is 4.98 Å². The van der Waals surface area contributed by atoms with E-state index in [-0.39, 0.29) is 11.7 Å². The number of anilines is 1. The van der Waals surface area contributed by atoms with Crippen LogP contribution in [0.1, 0.15) is 10.4 Å². The Morgan fingerprint density at radius 2 is 1.38 bits per heavy atom. The number of methoxy groups -OCH3 is 3. The molecule has 0 bridgehead atoms. The number of hydrogen-bond acceptors (Lipinski definition) is 5. The zero-order valence-corrected chi connectivity index (χ0v) is 19.0. The molecule has 0 saturated carbocycles. The molecule has 0 atom stereocenters. The Labute approximate surface area is 196 Å². The molecule has 1 N–H and O–H groups in total.